The fourth-order valence-electron chi connectivity index (χ4n) is 3.08. The van der Waals surface area contributed by atoms with E-state index in [1.54, 1.807) is 18.2 Å². The summed E-state index contributed by atoms with van der Waals surface area (Å²) in [5.41, 5.74) is 1.32. The lowest BCUT2D eigenvalue weighted by Crippen LogP contribution is -2.42. The molecule has 0 aromatic heterocycles. The highest BCUT2D eigenvalue weighted by Gasteiger charge is 2.41. The molecule has 2 aromatic rings. The summed E-state index contributed by atoms with van der Waals surface area (Å²) in [5.74, 6) is -0.551. The number of benzene rings is 2. The highest BCUT2D eigenvalue weighted by atomic mass is 35.5. The first-order valence-electron chi connectivity index (χ1n) is 9.94. The lowest BCUT2D eigenvalue weighted by atomic mass is 10.1. The molecule has 0 spiro atoms. The van der Waals surface area contributed by atoms with Crippen molar-refractivity contribution >= 4 is 58.2 Å². The Morgan fingerprint density at radius 2 is 1.88 bits per heavy atom. The minimum atomic E-state index is -1.03. The molecule has 0 radical (unpaired) electrons. The summed E-state index contributed by atoms with van der Waals surface area (Å²) in [4.78, 5) is 37.9. The van der Waals surface area contributed by atoms with E-state index in [2.05, 4.69) is 4.74 Å². The number of methoxy groups -OCH3 is 1. The normalized spacial score (nSPS) is 15.7. The highest BCUT2D eigenvalue weighted by molar-refractivity contribution is 8.18. The molecule has 1 fully saturated rings. The van der Waals surface area contributed by atoms with Gasteiger partial charge >= 0.3 is 5.97 Å². The molecule has 0 aliphatic carbocycles. The quantitative estimate of drug-likeness (QED) is 0.339. The molecule has 3 rings (SSSR count). The van der Waals surface area contributed by atoms with Gasteiger partial charge in [-0.15, -0.1) is 0 Å². The van der Waals surface area contributed by atoms with Crippen molar-refractivity contribution in [1.29, 1.82) is 0 Å². The van der Waals surface area contributed by atoms with Gasteiger partial charge in [-0.3, -0.25) is 14.5 Å². The lowest BCUT2D eigenvalue weighted by Gasteiger charge is -2.18. The van der Waals surface area contributed by atoms with Crippen molar-refractivity contribution in [2.45, 2.75) is 26.5 Å². The Morgan fingerprint density at radius 1 is 1.15 bits per heavy atom. The smallest absolute Gasteiger partial charge is 0.328 e. The van der Waals surface area contributed by atoms with Gasteiger partial charge in [0, 0.05) is 10.6 Å². The molecular weight excluding hydrogens is 489 g/mol. The van der Waals surface area contributed by atoms with E-state index >= 15 is 0 Å². The lowest BCUT2D eigenvalue weighted by molar-refractivity contribution is -0.148. The molecule has 174 valence electrons. The maximum absolute atomic E-state index is 12.7. The van der Waals surface area contributed by atoms with Crippen LogP contribution in [-0.2, 0) is 20.9 Å². The van der Waals surface area contributed by atoms with Crippen LogP contribution >= 0.6 is 35.0 Å². The van der Waals surface area contributed by atoms with Crippen LogP contribution < -0.4 is 9.47 Å². The summed E-state index contributed by atoms with van der Waals surface area (Å²) in [6.45, 7) is 3.79. The van der Waals surface area contributed by atoms with Crippen molar-refractivity contribution in [2.24, 2.45) is 0 Å². The average molecular weight is 510 g/mol. The van der Waals surface area contributed by atoms with Gasteiger partial charge in [0.15, 0.2) is 11.5 Å². The second-order valence-electron chi connectivity index (χ2n) is 6.89. The van der Waals surface area contributed by atoms with Crippen LogP contribution in [0.2, 0.25) is 10.0 Å². The molecule has 1 atom stereocenters. The van der Waals surface area contributed by atoms with Crippen molar-refractivity contribution in [2.75, 3.05) is 13.7 Å². The molecular formula is C23H21Cl2NO6S. The summed E-state index contributed by atoms with van der Waals surface area (Å²) in [7, 11) is 1.19. The third-order valence-electron chi connectivity index (χ3n) is 4.71. The number of ether oxygens (including phenoxy) is 3. The SMILES string of the molecule is CCOc1cc(/C=C2/SC(=O)N([C@@H](C)C(=O)OC)C2=O)cc(Cl)c1OCc1ccccc1Cl. The molecule has 0 N–H and O–H groups in total. The van der Waals surface area contributed by atoms with Gasteiger partial charge in [-0.1, -0.05) is 41.4 Å². The fraction of sp³-hybridized carbons (Fsp3) is 0.261. The largest absolute Gasteiger partial charge is 0.490 e. The fourth-order valence-corrected chi connectivity index (χ4v) is 4.45. The topological polar surface area (TPSA) is 82.1 Å². The van der Waals surface area contributed by atoms with Crippen LogP contribution in [0.1, 0.15) is 25.0 Å². The first-order chi connectivity index (χ1) is 15.8. The predicted molar refractivity (Wildman–Crippen MR) is 128 cm³/mol. The van der Waals surface area contributed by atoms with E-state index in [4.69, 9.17) is 32.7 Å². The van der Waals surface area contributed by atoms with Gasteiger partial charge in [0.05, 0.1) is 23.6 Å². The highest BCUT2D eigenvalue weighted by Crippen LogP contribution is 2.40. The number of thioether (sulfide) groups is 1. The monoisotopic (exact) mass is 509 g/mol. The van der Waals surface area contributed by atoms with Gasteiger partial charge in [0.2, 0.25) is 0 Å². The van der Waals surface area contributed by atoms with Gasteiger partial charge in [-0.2, -0.15) is 0 Å². The molecule has 33 heavy (non-hydrogen) atoms. The summed E-state index contributed by atoms with van der Waals surface area (Å²) >= 11 is 13.4. The molecule has 7 nitrogen and oxygen atoms in total. The van der Waals surface area contributed by atoms with Gasteiger partial charge < -0.3 is 14.2 Å². The summed E-state index contributed by atoms with van der Waals surface area (Å²) < 4.78 is 16.2. The van der Waals surface area contributed by atoms with E-state index < -0.39 is 23.2 Å². The van der Waals surface area contributed by atoms with Gasteiger partial charge in [-0.05, 0) is 55.4 Å². The Kier molecular flexibility index (Phi) is 8.29. The number of nitrogens with zero attached hydrogens (tertiary/aromatic N) is 1. The van der Waals surface area contributed by atoms with Crippen molar-refractivity contribution < 1.29 is 28.6 Å². The van der Waals surface area contributed by atoms with Crippen LogP contribution in [0.25, 0.3) is 6.08 Å². The zero-order valence-electron chi connectivity index (χ0n) is 18.1. The Balaban J connectivity index is 1.88. The Hall–Kier alpha value is -2.68. The first-order valence-corrected chi connectivity index (χ1v) is 11.5. The Morgan fingerprint density at radius 3 is 2.55 bits per heavy atom. The zero-order valence-corrected chi connectivity index (χ0v) is 20.4. The van der Waals surface area contributed by atoms with Crippen LogP contribution in [0, 0.1) is 0 Å². The number of rotatable bonds is 8. The molecule has 0 bridgehead atoms. The minimum Gasteiger partial charge on any atom is -0.490 e. The van der Waals surface area contributed by atoms with E-state index in [1.807, 2.05) is 25.1 Å². The van der Waals surface area contributed by atoms with Crippen molar-refractivity contribution in [3.05, 3.63) is 62.5 Å². The van der Waals surface area contributed by atoms with Crippen molar-refractivity contribution in [3.8, 4) is 11.5 Å². The van der Waals surface area contributed by atoms with Crippen LogP contribution in [0.3, 0.4) is 0 Å². The number of hydrogen-bond acceptors (Lipinski definition) is 7. The second kappa shape index (κ2) is 11.0. The van der Waals surface area contributed by atoms with Crippen LogP contribution in [0.4, 0.5) is 4.79 Å². The van der Waals surface area contributed by atoms with E-state index in [-0.39, 0.29) is 16.5 Å². The summed E-state index contributed by atoms with van der Waals surface area (Å²) in [6.07, 6.45) is 1.52. The van der Waals surface area contributed by atoms with Crippen LogP contribution in [0.5, 0.6) is 11.5 Å². The third kappa shape index (κ3) is 5.63. The van der Waals surface area contributed by atoms with Crippen LogP contribution in [-0.4, -0.2) is 41.8 Å². The average Bonchev–Trinajstić information content (AvgIpc) is 3.06. The number of imide groups is 1. The molecule has 0 unspecified atom stereocenters. The molecule has 1 aliphatic rings. The number of hydrogen-bond donors (Lipinski definition) is 0. The Labute approximate surface area is 205 Å². The Bertz CT molecular complexity index is 1120. The second-order valence-corrected chi connectivity index (χ2v) is 8.70. The molecule has 1 aliphatic heterocycles. The van der Waals surface area contributed by atoms with Crippen molar-refractivity contribution in [3.63, 3.8) is 0 Å². The number of halogens is 2. The number of carbonyl (C=O) groups is 3. The zero-order chi connectivity index (χ0) is 24.1. The number of esters is 1. The molecule has 1 saturated heterocycles. The third-order valence-corrected chi connectivity index (χ3v) is 6.25. The van der Waals surface area contributed by atoms with Gasteiger partial charge in [-0.25, -0.2) is 4.79 Å². The first kappa shape index (κ1) is 25.0. The molecule has 2 amide bonds. The van der Waals surface area contributed by atoms with Gasteiger partial charge in [0.1, 0.15) is 12.6 Å². The maximum atomic E-state index is 12.7. The minimum absolute atomic E-state index is 0.152. The number of amides is 2. The maximum Gasteiger partial charge on any atom is 0.328 e. The van der Waals surface area contributed by atoms with E-state index in [1.165, 1.54) is 20.1 Å². The van der Waals surface area contributed by atoms with E-state index in [9.17, 15) is 14.4 Å². The summed E-state index contributed by atoms with van der Waals surface area (Å²) in [5, 5.41) is 0.279. The predicted octanol–water partition coefficient (Wildman–Crippen LogP) is 5.57. The standard InChI is InChI=1S/C23H21Cl2NO6S/c1-4-31-18-10-14(9-17(25)20(18)32-12-15-7-5-6-8-16(15)24)11-19-21(27)26(23(29)33-19)13(2)22(28)30-3/h5-11,13H,4,12H2,1-3H3/b19-11+/t13-/m0/s1. The van der Waals surface area contributed by atoms with Crippen molar-refractivity contribution in [1.82, 2.24) is 4.90 Å². The van der Waals surface area contributed by atoms with E-state index in [0.29, 0.717) is 28.7 Å². The van der Waals surface area contributed by atoms with Crippen LogP contribution in [0.15, 0.2) is 41.3 Å². The molecule has 10 heteroatoms. The summed E-state index contributed by atoms with van der Waals surface area (Å²) in [6, 6.07) is 9.52. The molecule has 0 saturated carbocycles. The molecule has 2 aromatic carbocycles. The molecule has 1 heterocycles. The van der Waals surface area contributed by atoms with E-state index in [0.717, 1.165) is 22.2 Å². The van der Waals surface area contributed by atoms with Gasteiger partial charge in [0.25, 0.3) is 11.1 Å². The number of carbonyl (C=O) groups excluding carboxylic acids is 3.